The highest BCUT2D eigenvalue weighted by Crippen LogP contribution is 2.34. The number of benzene rings is 3. The summed E-state index contributed by atoms with van der Waals surface area (Å²) >= 11 is 1.85. The maximum absolute atomic E-state index is 13.3. The number of ether oxygens (including phenoxy) is 4. The van der Waals surface area contributed by atoms with E-state index >= 15 is 0 Å². The molecule has 2 aliphatic rings. The van der Waals surface area contributed by atoms with Crippen LogP contribution in [-0.2, 0) is 23.7 Å². The van der Waals surface area contributed by atoms with Crippen LogP contribution in [0, 0.1) is 0 Å². The molecule has 214 valence electrons. The molecule has 5 rings (SSSR count). The van der Waals surface area contributed by atoms with Gasteiger partial charge in [0, 0.05) is 6.20 Å². The van der Waals surface area contributed by atoms with Gasteiger partial charge in [-0.3, -0.25) is 4.79 Å². The predicted molar refractivity (Wildman–Crippen MR) is 158 cm³/mol. The maximum atomic E-state index is 13.3. The molecule has 3 aromatic rings. The van der Waals surface area contributed by atoms with Crippen LogP contribution in [0.25, 0.3) is 0 Å². The normalized spacial score (nSPS) is 21.6. The van der Waals surface area contributed by atoms with Gasteiger partial charge in [-0.2, -0.15) is 0 Å². The fourth-order valence-corrected chi connectivity index (χ4v) is 4.86. The van der Waals surface area contributed by atoms with E-state index in [4.69, 9.17) is 18.9 Å². The number of halogens is 1. The topological polar surface area (TPSA) is 120 Å². The Morgan fingerprint density at radius 2 is 1.26 bits per heavy atom. The largest absolute Gasteiger partial charge is 0.459 e. The minimum Gasteiger partial charge on any atom is -0.459 e. The van der Waals surface area contributed by atoms with Gasteiger partial charge in [-0.15, -0.1) is 0 Å². The van der Waals surface area contributed by atoms with E-state index in [1.165, 1.54) is 11.1 Å². The lowest BCUT2D eigenvalue weighted by Crippen LogP contribution is -2.49. The lowest BCUT2D eigenvalue weighted by Gasteiger charge is -2.34. The Hall–Kier alpha value is -4.49. The highest BCUT2D eigenvalue weighted by atomic mass is 127. The first kappa shape index (κ1) is 29.0. The van der Waals surface area contributed by atoms with Gasteiger partial charge in [0.05, 0.1) is 20.3 Å². The van der Waals surface area contributed by atoms with Gasteiger partial charge in [0.1, 0.15) is 18.5 Å². The highest BCUT2D eigenvalue weighted by Gasteiger charge is 2.53. The van der Waals surface area contributed by atoms with Crippen LogP contribution in [0.1, 0.15) is 31.1 Å². The van der Waals surface area contributed by atoms with Crippen LogP contribution in [-0.4, -0.2) is 59.9 Å². The molecule has 0 spiro atoms. The molecule has 3 aromatic carbocycles. The summed E-state index contributed by atoms with van der Waals surface area (Å²) in [4.78, 5) is 52.9. The van der Waals surface area contributed by atoms with Crippen molar-refractivity contribution in [3.8, 4) is 0 Å². The van der Waals surface area contributed by atoms with Crippen molar-refractivity contribution < 1.29 is 38.1 Å². The molecule has 0 radical (unpaired) electrons. The molecule has 1 amide bonds. The molecule has 4 unspecified atom stereocenters. The van der Waals surface area contributed by atoms with Crippen LogP contribution in [0.2, 0.25) is 0 Å². The third kappa shape index (κ3) is 6.52. The number of amides is 1. The average Bonchev–Trinajstić information content (AvgIpc) is 3.34. The van der Waals surface area contributed by atoms with E-state index in [2.05, 4.69) is 11.9 Å². The Morgan fingerprint density at radius 3 is 1.79 bits per heavy atom. The predicted octanol–water partition coefficient (Wildman–Crippen LogP) is 4.20. The van der Waals surface area contributed by atoms with Gasteiger partial charge in [0.25, 0.3) is 5.91 Å². The SMILES string of the molecule is C=C1NC(=O)C(I)=CN1C1OC(COC(=O)c2ccccc2)C(OC(=O)c2ccccc2)C1OC(=O)c1ccccc1. The van der Waals surface area contributed by atoms with E-state index in [0.29, 0.717) is 9.14 Å². The van der Waals surface area contributed by atoms with Gasteiger partial charge in [0.2, 0.25) is 0 Å². The summed E-state index contributed by atoms with van der Waals surface area (Å²) in [6.45, 7) is 3.57. The van der Waals surface area contributed by atoms with E-state index < -0.39 is 42.4 Å². The molecule has 0 saturated carbocycles. The maximum Gasteiger partial charge on any atom is 0.338 e. The molecular weight excluding hydrogens is 655 g/mol. The lowest BCUT2D eigenvalue weighted by molar-refractivity contribution is -0.119. The van der Waals surface area contributed by atoms with Crippen LogP contribution >= 0.6 is 22.6 Å². The van der Waals surface area contributed by atoms with Gasteiger partial charge < -0.3 is 29.2 Å². The van der Waals surface area contributed by atoms with Crippen LogP contribution < -0.4 is 5.32 Å². The minimum atomic E-state index is -1.22. The second kappa shape index (κ2) is 13.0. The number of carbonyl (C=O) groups excluding carboxylic acids is 4. The Balaban J connectivity index is 1.49. The number of nitrogens with zero attached hydrogens (tertiary/aromatic N) is 1. The van der Waals surface area contributed by atoms with Crippen molar-refractivity contribution in [1.29, 1.82) is 0 Å². The zero-order chi connectivity index (χ0) is 29.6. The van der Waals surface area contributed by atoms with Crippen molar-refractivity contribution in [2.75, 3.05) is 6.61 Å². The van der Waals surface area contributed by atoms with Gasteiger partial charge in [-0.1, -0.05) is 61.2 Å². The van der Waals surface area contributed by atoms with Crippen molar-refractivity contribution in [1.82, 2.24) is 10.2 Å². The number of esters is 3. The molecular formula is C31H25IN2O8. The summed E-state index contributed by atoms with van der Waals surface area (Å²) in [7, 11) is 0. The zero-order valence-electron chi connectivity index (χ0n) is 22.1. The van der Waals surface area contributed by atoms with Crippen molar-refractivity contribution in [3.05, 3.63) is 130 Å². The molecule has 1 saturated heterocycles. The van der Waals surface area contributed by atoms with Gasteiger partial charge in [0.15, 0.2) is 18.4 Å². The summed E-state index contributed by atoms with van der Waals surface area (Å²) in [5.41, 5.74) is 0.846. The van der Waals surface area contributed by atoms with E-state index in [9.17, 15) is 19.2 Å². The number of carbonyl (C=O) groups is 4. The van der Waals surface area contributed by atoms with Gasteiger partial charge >= 0.3 is 17.9 Å². The second-order valence-corrected chi connectivity index (χ2v) is 10.4. The molecule has 2 heterocycles. The molecule has 11 heteroatoms. The number of hydrogen-bond acceptors (Lipinski definition) is 9. The molecule has 2 aliphatic heterocycles. The van der Waals surface area contributed by atoms with Crippen molar-refractivity contribution in [2.45, 2.75) is 24.5 Å². The fourth-order valence-electron chi connectivity index (χ4n) is 4.42. The van der Waals surface area contributed by atoms with E-state index in [-0.39, 0.29) is 29.5 Å². The molecule has 0 aliphatic carbocycles. The fraction of sp³-hybridized carbons (Fsp3) is 0.161. The monoisotopic (exact) mass is 680 g/mol. The van der Waals surface area contributed by atoms with E-state index in [1.807, 2.05) is 22.6 Å². The average molecular weight is 680 g/mol. The summed E-state index contributed by atoms with van der Waals surface area (Å²) in [5.74, 6) is -2.21. The van der Waals surface area contributed by atoms with Crippen LogP contribution in [0.5, 0.6) is 0 Å². The molecule has 0 bridgehead atoms. The Labute approximate surface area is 255 Å². The summed E-state index contributed by atoms with van der Waals surface area (Å²) in [6.07, 6.45) is -3.11. The molecule has 10 nitrogen and oxygen atoms in total. The summed E-state index contributed by atoms with van der Waals surface area (Å²) in [5, 5.41) is 2.63. The van der Waals surface area contributed by atoms with Crippen molar-refractivity contribution >= 4 is 46.4 Å². The molecule has 1 N–H and O–H groups in total. The third-order valence-corrected chi connectivity index (χ3v) is 7.26. The Bertz CT molecular complexity index is 1510. The quantitative estimate of drug-likeness (QED) is 0.212. The van der Waals surface area contributed by atoms with Gasteiger partial charge in [-0.05, 0) is 59.0 Å². The van der Waals surface area contributed by atoms with Crippen molar-refractivity contribution in [2.24, 2.45) is 0 Å². The number of nitrogens with one attached hydrogen (secondary N) is 1. The van der Waals surface area contributed by atoms with Crippen LogP contribution in [0.15, 0.2) is 113 Å². The lowest BCUT2D eigenvalue weighted by atomic mass is 10.1. The molecule has 4 atom stereocenters. The highest BCUT2D eigenvalue weighted by molar-refractivity contribution is 14.1. The first-order chi connectivity index (χ1) is 20.3. The standard InChI is InChI=1S/C31H25IN2O8/c1-19-33-27(35)23(32)17-34(19)28-26(42-31(38)22-15-9-4-10-16-22)25(41-30(37)21-13-7-3-8-14-21)24(40-28)18-39-29(36)20-11-5-2-6-12-20/h2-17,24-26,28H,1,18H2,(H,33,35). The smallest absolute Gasteiger partial charge is 0.338 e. The zero-order valence-corrected chi connectivity index (χ0v) is 24.2. The third-order valence-electron chi connectivity index (χ3n) is 6.49. The summed E-state index contributed by atoms with van der Waals surface area (Å²) in [6, 6.07) is 25.0. The van der Waals surface area contributed by atoms with Gasteiger partial charge in [-0.25, -0.2) is 14.4 Å². The van der Waals surface area contributed by atoms with E-state index in [0.717, 1.165) is 0 Å². The van der Waals surface area contributed by atoms with Crippen molar-refractivity contribution in [3.63, 3.8) is 0 Å². The number of hydrogen-bond donors (Lipinski definition) is 1. The minimum absolute atomic E-state index is 0.154. The Kier molecular flexibility index (Phi) is 8.98. The molecule has 1 fully saturated rings. The first-order valence-electron chi connectivity index (χ1n) is 12.9. The first-order valence-corrected chi connectivity index (χ1v) is 14.0. The summed E-state index contributed by atoms with van der Waals surface area (Å²) < 4.78 is 24.0. The molecule has 0 aromatic heterocycles. The second-order valence-electron chi connectivity index (χ2n) is 9.29. The Morgan fingerprint density at radius 1 is 0.786 bits per heavy atom. The van der Waals surface area contributed by atoms with E-state index in [1.54, 1.807) is 91.0 Å². The number of rotatable bonds is 8. The molecule has 42 heavy (non-hydrogen) atoms. The van der Waals surface area contributed by atoms with Crippen LogP contribution in [0.3, 0.4) is 0 Å². The van der Waals surface area contributed by atoms with Crippen LogP contribution in [0.4, 0.5) is 0 Å².